The summed E-state index contributed by atoms with van der Waals surface area (Å²) >= 11 is 1.49. The summed E-state index contributed by atoms with van der Waals surface area (Å²) in [5, 5.41) is 22.0. The number of carbonyl (C=O) groups excluding carboxylic acids is 5. The van der Waals surface area contributed by atoms with Crippen LogP contribution in [0, 0.1) is 18.2 Å². The van der Waals surface area contributed by atoms with E-state index in [1.807, 2.05) is 25.1 Å². The zero-order valence-corrected chi connectivity index (χ0v) is 52.7. The van der Waals surface area contributed by atoms with Crippen LogP contribution in [0.1, 0.15) is 100 Å². The number of aliphatic hydroxyl groups excluding tert-OH is 1. The summed E-state index contributed by atoms with van der Waals surface area (Å²) in [6, 6.07) is 5.47. The predicted molar refractivity (Wildman–Crippen MR) is 327 cm³/mol. The lowest BCUT2D eigenvalue weighted by Crippen LogP contribution is -2.59. The Morgan fingerprint density at radius 2 is 1.54 bits per heavy atom. The first-order valence-corrected chi connectivity index (χ1v) is 31.6. The predicted octanol–water partition coefficient (Wildman–Crippen LogP) is 6.11. The Morgan fingerprint density at radius 1 is 0.878 bits per heavy atom. The number of hydrogen-bond acceptors (Lipinski definition) is 19. The molecule has 0 spiro atoms. The van der Waals surface area contributed by atoms with Gasteiger partial charge in [-0.25, -0.2) is 18.7 Å². The number of carbonyl (C=O) groups is 5. The minimum absolute atomic E-state index is 0.00322. The van der Waals surface area contributed by atoms with Crippen molar-refractivity contribution < 1.29 is 75.1 Å². The van der Waals surface area contributed by atoms with Gasteiger partial charge in [0.05, 0.1) is 106 Å². The number of alkyl halides is 3. The second-order valence-electron chi connectivity index (χ2n) is 24.5. The van der Waals surface area contributed by atoms with E-state index in [-0.39, 0.29) is 92.1 Å². The number of aliphatic hydroxyl groups is 1. The number of ether oxygens (including phenoxy) is 6. The average Bonchev–Trinajstić information content (AvgIpc) is 1.63. The lowest BCUT2D eigenvalue weighted by atomic mass is 9.85. The highest BCUT2D eigenvalue weighted by Crippen LogP contribution is 2.42. The molecule has 4 aromatic rings. The molecule has 0 bridgehead atoms. The van der Waals surface area contributed by atoms with Crippen LogP contribution < -0.4 is 40.5 Å². The van der Waals surface area contributed by atoms with E-state index in [0.29, 0.717) is 103 Å². The van der Waals surface area contributed by atoms with E-state index in [1.54, 1.807) is 26.3 Å². The molecule has 4 fully saturated rings. The standard InChI is InChI=1S/C62H83F4N11O12S/c1-38-51(90-37-69-38)39-11-12-40(33-67-55(80)47-30-43(78)35-76(47)56(81)52(60(2,3)4)72-57(82)61(64)15-16-61)49(29-39)89-28-27-88-26-25-87-24-23-86-22-21-85-20-19-75-17-13-41(14-18-75)70-54(79)44-31-50(84-6)46(32-45(44)63)71-59-68-34-48-53(73-59)77(42-9-7-8-10-42)36-62(65,66)58(83)74(48)5/h11-12,29,31-32,34,37,41-43,47,52,78H,7-10,13-28,30,33,35-36H2,1-6H3,(H,67,80)(H,70,79)(H,72,82)(H,68,71,73)/t43?,47?,52-/m1/s1. The first-order chi connectivity index (χ1) is 43.0. The minimum Gasteiger partial charge on any atom is -0.495 e. The number of methoxy groups -OCH3 is 1. The van der Waals surface area contributed by atoms with Crippen molar-refractivity contribution in [3.8, 4) is 21.9 Å². The van der Waals surface area contributed by atoms with E-state index in [9.17, 15) is 33.5 Å². The Balaban J connectivity index is 0.631. The van der Waals surface area contributed by atoms with Crippen molar-refractivity contribution in [2.75, 3.05) is 121 Å². The normalized spacial score (nSPS) is 19.7. The van der Waals surface area contributed by atoms with Crippen LogP contribution in [0.3, 0.4) is 0 Å². The molecular formula is C62H83F4N11O12S. The van der Waals surface area contributed by atoms with E-state index in [0.717, 1.165) is 39.9 Å². The molecule has 90 heavy (non-hydrogen) atoms. The number of hydrogen-bond donors (Lipinski definition) is 5. The number of likely N-dealkylation sites (tertiary alicyclic amines) is 2. The fourth-order valence-electron chi connectivity index (χ4n) is 11.5. The lowest BCUT2D eigenvalue weighted by Gasteiger charge is -2.35. The van der Waals surface area contributed by atoms with Gasteiger partial charge in [-0.2, -0.15) is 13.8 Å². The van der Waals surface area contributed by atoms with Crippen molar-refractivity contribution >= 4 is 64.0 Å². The largest absolute Gasteiger partial charge is 0.495 e. The fourth-order valence-corrected chi connectivity index (χ4v) is 12.3. The van der Waals surface area contributed by atoms with Gasteiger partial charge in [0, 0.05) is 69.9 Å². The molecule has 5 heterocycles. The highest BCUT2D eigenvalue weighted by molar-refractivity contribution is 7.13. The Labute approximate surface area is 525 Å². The molecule has 9 rings (SSSR count). The molecular weight excluding hydrogens is 1200 g/mol. The number of amides is 5. The number of benzene rings is 2. The SMILES string of the molecule is COc1cc(C(=O)NC2CCN(CCOCCOCCOCCOCCOc3cc(-c4scnc4C)ccc3CNC(=O)C3CC(O)CN3C(=O)[C@@H](NC(=O)C3(F)CC3)C(C)(C)C)CC2)c(F)cc1Nc1ncc2c(n1)N(C1CCCC1)CC(F)(F)C(=O)N2C. The van der Waals surface area contributed by atoms with Crippen molar-refractivity contribution in [2.24, 2.45) is 5.41 Å². The Morgan fingerprint density at radius 3 is 2.18 bits per heavy atom. The molecule has 2 saturated heterocycles. The number of piperidine rings is 1. The highest BCUT2D eigenvalue weighted by Gasteiger charge is 2.54. The van der Waals surface area contributed by atoms with Crippen molar-refractivity contribution in [1.29, 1.82) is 0 Å². The van der Waals surface area contributed by atoms with Crippen LogP contribution in [0.2, 0.25) is 0 Å². The van der Waals surface area contributed by atoms with Gasteiger partial charge in [-0.15, -0.1) is 11.3 Å². The van der Waals surface area contributed by atoms with Gasteiger partial charge in [0.25, 0.3) is 17.7 Å². The molecule has 0 radical (unpaired) electrons. The molecule has 5 aliphatic rings. The Hall–Kier alpha value is -6.82. The smallest absolute Gasteiger partial charge is 0.342 e. The molecule has 5 N–H and O–H groups in total. The van der Waals surface area contributed by atoms with E-state index < -0.39 is 77.1 Å². The third-order valence-electron chi connectivity index (χ3n) is 16.9. The van der Waals surface area contributed by atoms with Gasteiger partial charge >= 0.3 is 5.92 Å². The van der Waals surface area contributed by atoms with Crippen molar-refractivity contribution in [3.63, 3.8) is 0 Å². The van der Waals surface area contributed by atoms with Crippen molar-refractivity contribution in [2.45, 2.75) is 134 Å². The molecule has 2 aliphatic carbocycles. The minimum atomic E-state index is -3.64. The number of aryl methyl sites for hydroxylation is 1. The number of halogens is 4. The maximum atomic E-state index is 15.7. The van der Waals surface area contributed by atoms with Crippen LogP contribution in [0.4, 0.5) is 40.7 Å². The molecule has 28 heteroatoms. The molecule has 2 saturated carbocycles. The molecule has 3 aliphatic heterocycles. The van der Waals surface area contributed by atoms with Gasteiger partial charge in [-0.05, 0) is 68.6 Å². The average molecular weight is 1280 g/mol. The van der Waals surface area contributed by atoms with Crippen LogP contribution in [0.5, 0.6) is 11.5 Å². The van der Waals surface area contributed by atoms with Crippen LogP contribution in [-0.4, -0.2) is 208 Å². The number of rotatable bonds is 29. The Kier molecular flexibility index (Phi) is 22.6. The lowest BCUT2D eigenvalue weighted by molar-refractivity contribution is -0.145. The third kappa shape index (κ3) is 17.0. The summed E-state index contributed by atoms with van der Waals surface area (Å²) in [4.78, 5) is 86.6. The number of nitrogens with zero attached hydrogens (tertiary/aromatic N) is 7. The van der Waals surface area contributed by atoms with Crippen LogP contribution in [-0.2, 0) is 44.7 Å². The number of β-amino-alcohol motifs (C(OH)–C–C–N with tert-alkyl or cyclic N) is 1. The maximum absolute atomic E-state index is 15.7. The Bertz CT molecular complexity index is 3160. The van der Waals surface area contributed by atoms with Crippen LogP contribution in [0.25, 0.3) is 10.4 Å². The molecule has 2 aromatic carbocycles. The molecule has 492 valence electrons. The zero-order chi connectivity index (χ0) is 64.3. The summed E-state index contributed by atoms with van der Waals surface area (Å²) in [6.07, 6.45) is 4.87. The summed E-state index contributed by atoms with van der Waals surface area (Å²) < 4.78 is 95.3. The summed E-state index contributed by atoms with van der Waals surface area (Å²) in [7, 11) is 2.63. The number of nitrogens with one attached hydrogen (secondary N) is 4. The van der Waals surface area contributed by atoms with E-state index in [2.05, 4.69) is 41.1 Å². The number of thiazole rings is 1. The third-order valence-corrected chi connectivity index (χ3v) is 17.8. The van der Waals surface area contributed by atoms with E-state index >= 15 is 13.2 Å². The summed E-state index contributed by atoms with van der Waals surface area (Å²) in [5.41, 5.74) is 1.40. The van der Waals surface area contributed by atoms with Gasteiger partial charge in [0.2, 0.25) is 17.8 Å². The molecule has 2 unspecified atom stereocenters. The van der Waals surface area contributed by atoms with Crippen molar-refractivity contribution in [1.82, 2.24) is 40.7 Å². The van der Waals surface area contributed by atoms with Crippen LogP contribution >= 0.6 is 11.3 Å². The van der Waals surface area contributed by atoms with Gasteiger partial charge in [0.15, 0.2) is 11.5 Å². The number of fused-ring (bicyclic) bond motifs is 1. The number of anilines is 4. The van der Waals surface area contributed by atoms with Gasteiger partial charge < -0.3 is 74.4 Å². The van der Waals surface area contributed by atoms with Crippen LogP contribution in [0.15, 0.2) is 42.0 Å². The topological polar surface area (TPSA) is 261 Å². The summed E-state index contributed by atoms with van der Waals surface area (Å²) in [6.45, 7) is 11.4. The fraction of sp³-hybridized carbons (Fsp3) is 0.613. The van der Waals surface area contributed by atoms with Crippen molar-refractivity contribution in [3.05, 3.63) is 64.7 Å². The van der Waals surface area contributed by atoms with Gasteiger partial charge in [-0.1, -0.05) is 45.7 Å². The van der Waals surface area contributed by atoms with Gasteiger partial charge in [0.1, 0.15) is 41.7 Å². The zero-order valence-electron chi connectivity index (χ0n) is 51.9. The maximum Gasteiger partial charge on any atom is 0.342 e. The molecule has 2 aromatic heterocycles. The van der Waals surface area contributed by atoms with E-state index in [4.69, 9.17) is 28.4 Å². The first-order valence-electron chi connectivity index (χ1n) is 30.7. The second-order valence-corrected chi connectivity index (χ2v) is 25.4. The van der Waals surface area contributed by atoms with E-state index in [1.165, 1.54) is 47.6 Å². The van der Waals surface area contributed by atoms with Gasteiger partial charge in [-0.3, -0.25) is 24.0 Å². The molecule has 23 nitrogen and oxygen atoms in total. The second kappa shape index (κ2) is 30.1. The quantitative estimate of drug-likeness (QED) is 0.0303. The highest BCUT2D eigenvalue weighted by atomic mass is 32.1. The molecule has 3 atom stereocenters. The number of aromatic nitrogens is 3. The summed E-state index contributed by atoms with van der Waals surface area (Å²) in [5.74, 6) is -7.54. The molecule has 5 amide bonds. The monoisotopic (exact) mass is 1280 g/mol. The first kappa shape index (κ1) is 67.6.